The number of hydrogen-bond acceptors (Lipinski definition) is 6. The van der Waals surface area contributed by atoms with Crippen LogP contribution in [0, 0.1) is 5.41 Å². The summed E-state index contributed by atoms with van der Waals surface area (Å²) in [5, 5.41) is 11.4. The Morgan fingerprint density at radius 3 is 2.62 bits per heavy atom. The maximum Gasteiger partial charge on any atom is 0.328 e. The van der Waals surface area contributed by atoms with Gasteiger partial charge in [0.05, 0.1) is 23.3 Å². The quantitative estimate of drug-likeness (QED) is 0.627. The van der Waals surface area contributed by atoms with Crippen LogP contribution in [0.5, 0.6) is 0 Å². The lowest BCUT2D eigenvalue weighted by Crippen LogP contribution is -2.50. The van der Waals surface area contributed by atoms with Crippen molar-refractivity contribution in [2.24, 2.45) is 5.41 Å². The second kappa shape index (κ2) is 9.75. The Morgan fingerprint density at radius 1 is 1.19 bits per heavy atom. The van der Waals surface area contributed by atoms with E-state index in [9.17, 15) is 14.7 Å². The van der Waals surface area contributed by atoms with E-state index in [-0.39, 0.29) is 17.4 Å². The van der Waals surface area contributed by atoms with Crippen LogP contribution in [0.1, 0.15) is 32.1 Å². The Kier molecular flexibility index (Phi) is 7.20. The molecule has 2 aliphatic heterocycles. The van der Waals surface area contributed by atoms with Gasteiger partial charge in [-0.25, -0.2) is 4.79 Å². The van der Waals surface area contributed by atoms with E-state index >= 15 is 0 Å². The number of likely N-dealkylation sites (tertiary alicyclic amines) is 1. The maximum atomic E-state index is 13.0. The molecule has 1 amide bonds. The lowest BCUT2D eigenvalue weighted by molar-refractivity contribution is -0.153. The molecule has 9 heteroatoms. The second-order valence-corrected chi connectivity index (χ2v) is 9.99. The zero-order valence-corrected chi connectivity index (χ0v) is 19.9. The first kappa shape index (κ1) is 23.6. The number of ether oxygens (including phenoxy) is 1. The van der Waals surface area contributed by atoms with E-state index in [1.165, 1.54) is 7.11 Å². The summed E-state index contributed by atoms with van der Waals surface area (Å²) in [5.74, 6) is -0.448. The molecule has 1 aromatic carbocycles. The van der Waals surface area contributed by atoms with E-state index in [1.807, 2.05) is 6.07 Å². The summed E-state index contributed by atoms with van der Waals surface area (Å²) in [6.07, 6.45) is 3.73. The average molecular weight is 484 g/mol. The number of methoxy groups -OCH3 is 1. The van der Waals surface area contributed by atoms with Gasteiger partial charge in [0.1, 0.15) is 6.04 Å². The molecule has 1 N–H and O–H groups in total. The molecule has 2 saturated heterocycles. The molecule has 1 spiro atoms. The number of carbonyl (C=O) groups excluding carboxylic acids is 2. The monoisotopic (exact) mass is 483 g/mol. The molecule has 0 unspecified atom stereocenters. The molecule has 7 nitrogen and oxygen atoms in total. The van der Waals surface area contributed by atoms with Crippen molar-refractivity contribution in [1.82, 2.24) is 9.80 Å². The molecule has 4 rings (SSSR count). The number of nitrogens with zero attached hydrogens (tertiary/aromatic N) is 3. The van der Waals surface area contributed by atoms with E-state index in [0.29, 0.717) is 55.6 Å². The highest BCUT2D eigenvalue weighted by Crippen LogP contribution is 2.53. The summed E-state index contributed by atoms with van der Waals surface area (Å²) >= 11 is 12.2. The number of carbonyl (C=O) groups is 2. The highest BCUT2D eigenvalue weighted by atomic mass is 35.5. The molecule has 0 aromatic heterocycles. The maximum absolute atomic E-state index is 13.0. The lowest BCUT2D eigenvalue weighted by Gasteiger charge is -2.37. The van der Waals surface area contributed by atoms with E-state index in [2.05, 4.69) is 9.80 Å². The smallest absolute Gasteiger partial charge is 0.328 e. The molecule has 1 aliphatic carbocycles. The second-order valence-electron chi connectivity index (χ2n) is 9.18. The zero-order chi connectivity index (χ0) is 22.9. The third-order valence-electron chi connectivity index (χ3n) is 7.32. The van der Waals surface area contributed by atoms with Crippen molar-refractivity contribution in [2.45, 2.75) is 44.2 Å². The standard InChI is InChI=1S/C23H31Cl2N3O4/c1-32-22(31)19(4-9-26-11-8-23(6-7-23)20(29)15-26)28-13-12-27(10-5-21(28)30)16-2-3-17(24)18(25)14-16/h2-3,14,19-20,29H,4-13,15H2,1H3/t19-,20+/m0/s1. The molecule has 2 atom stereocenters. The van der Waals surface area contributed by atoms with Crippen LogP contribution in [0.25, 0.3) is 0 Å². The molecule has 1 saturated carbocycles. The molecule has 176 valence electrons. The summed E-state index contributed by atoms with van der Waals surface area (Å²) < 4.78 is 5.05. The van der Waals surface area contributed by atoms with Crippen molar-refractivity contribution in [1.29, 1.82) is 0 Å². The Bertz CT molecular complexity index is 864. The minimum Gasteiger partial charge on any atom is -0.467 e. The van der Waals surface area contributed by atoms with E-state index in [1.54, 1.807) is 17.0 Å². The van der Waals surface area contributed by atoms with Gasteiger partial charge in [0.15, 0.2) is 0 Å². The highest BCUT2D eigenvalue weighted by Gasteiger charge is 2.51. The Hall–Kier alpha value is -1.54. The van der Waals surface area contributed by atoms with Crippen LogP contribution in [0.2, 0.25) is 10.0 Å². The molecular weight excluding hydrogens is 453 g/mol. The van der Waals surface area contributed by atoms with Crippen molar-refractivity contribution in [3.8, 4) is 0 Å². The van der Waals surface area contributed by atoms with Crippen LogP contribution in [0.15, 0.2) is 18.2 Å². The predicted molar refractivity (Wildman–Crippen MR) is 124 cm³/mol. The van der Waals surface area contributed by atoms with Crippen LogP contribution in [0.3, 0.4) is 0 Å². The summed E-state index contributed by atoms with van der Waals surface area (Å²) in [5.41, 5.74) is 1.05. The fourth-order valence-electron chi connectivity index (χ4n) is 4.97. The summed E-state index contributed by atoms with van der Waals surface area (Å²) in [6.45, 7) is 3.75. The number of aliphatic hydroxyl groups excluding tert-OH is 1. The normalized spacial score (nSPS) is 24.4. The molecule has 1 aromatic rings. The molecule has 2 heterocycles. The van der Waals surface area contributed by atoms with Gasteiger partial charge in [0, 0.05) is 44.8 Å². The van der Waals surface area contributed by atoms with Gasteiger partial charge in [-0.3, -0.25) is 4.79 Å². The topological polar surface area (TPSA) is 73.3 Å². The van der Waals surface area contributed by atoms with Crippen molar-refractivity contribution in [2.75, 3.05) is 51.3 Å². The Labute approximate surface area is 199 Å². The van der Waals surface area contributed by atoms with Gasteiger partial charge in [-0.1, -0.05) is 23.2 Å². The first-order valence-corrected chi connectivity index (χ1v) is 12.1. The third-order valence-corrected chi connectivity index (χ3v) is 8.06. The SMILES string of the molecule is COC(=O)[C@H](CCN1CCC2(CC2)[C@H](O)C1)N1CCN(c2ccc(Cl)c(Cl)c2)CCC1=O. The van der Waals surface area contributed by atoms with E-state index in [0.717, 1.165) is 31.5 Å². The van der Waals surface area contributed by atoms with Gasteiger partial charge in [-0.05, 0) is 55.8 Å². The number of halogens is 2. The van der Waals surface area contributed by atoms with Crippen LogP contribution >= 0.6 is 23.2 Å². The number of β-amino-alcohol motifs (C(OH)–C–C–N with tert-alkyl or cyclic N) is 1. The number of hydrogen-bond donors (Lipinski definition) is 1. The van der Waals surface area contributed by atoms with Gasteiger partial charge >= 0.3 is 5.97 Å². The molecule has 3 fully saturated rings. The first-order chi connectivity index (χ1) is 15.3. The van der Waals surface area contributed by atoms with Crippen LogP contribution in [-0.2, 0) is 14.3 Å². The Balaban J connectivity index is 1.40. The van der Waals surface area contributed by atoms with Gasteiger partial charge in [-0.15, -0.1) is 0 Å². The Morgan fingerprint density at radius 2 is 1.97 bits per heavy atom. The van der Waals surface area contributed by atoms with Crippen molar-refractivity contribution < 1.29 is 19.4 Å². The third kappa shape index (κ3) is 5.01. The largest absolute Gasteiger partial charge is 0.467 e. The number of anilines is 1. The van der Waals surface area contributed by atoms with Crippen LogP contribution < -0.4 is 4.90 Å². The number of rotatable bonds is 6. The van der Waals surface area contributed by atoms with Crippen molar-refractivity contribution in [3.63, 3.8) is 0 Å². The molecular formula is C23H31Cl2N3O4. The summed E-state index contributed by atoms with van der Waals surface area (Å²) in [4.78, 5) is 31.5. The average Bonchev–Trinajstić information content (AvgIpc) is 3.58. The summed E-state index contributed by atoms with van der Waals surface area (Å²) in [7, 11) is 1.36. The van der Waals surface area contributed by atoms with Gasteiger partial charge in [0.2, 0.25) is 5.91 Å². The molecule has 32 heavy (non-hydrogen) atoms. The minimum atomic E-state index is -0.629. The van der Waals surface area contributed by atoms with Crippen molar-refractivity contribution >= 4 is 40.8 Å². The predicted octanol–water partition coefficient (Wildman–Crippen LogP) is 2.81. The van der Waals surface area contributed by atoms with Crippen molar-refractivity contribution in [3.05, 3.63) is 28.2 Å². The number of esters is 1. The minimum absolute atomic E-state index is 0.0569. The molecule has 3 aliphatic rings. The number of benzene rings is 1. The number of aliphatic hydroxyl groups is 1. The molecule has 0 radical (unpaired) electrons. The van der Waals surface area contributed by atoms with Gasteiger partial charge in [0.25, 0.3) is 0 Å². The van der Waals surface area contributed by atoms with Gasteiger partial charge < -0.3 is 24.5 Å². The van der Waals surface area contributed by atoms with E-state index < -0.39 is 12.0 Å². The fourth-order valence-corrected chi connectivity index (χ4v) is 5.27. The van der Waals surface area contributed by atoms with E-state index in [4.69, 9.17) is 27.9 Å². The fraction of sp³-hybridized carbons (Fsp3) is 0.652. The van der Waals surface area contributed by atoms with Crippen LogP contribution in [-0.4, -0.2) is 85.3 Å². The van der Waals surface area contributed by atoms with Gasteiger partial charge in [-0.2, -0.15) is 0 Å². The zero-order valence-electron chi connectivity index (χ0n) is 18.4. The first-order valence-electron chi connectivity index (χ1n) is 11.3. The van der Waals surface area contributed by atoms with Crippen LogP contribution in [0.4, 0.5) is 5.69 Å². The number of amides is 1. The number of piperidine rings is 1. The summed E-state index contributed by atoms with van der Waals surface area (Å²) in [6, 6.07) is 4.81. The highest BCUT2D eigenvalue weighted by molar-refractivity contribution is 6.42. The lowest BCUT2D eigenvalue weighted by atomic mass is 9.90. The molecule has 0 bridgehead atoms.